The third-order valence-corrected chi connectivity index (χ3v) is 3.91. The molecule has 3 heterocycles. The first-order valence-corrected chi connectivity index (χ1v) is 6.96. The number of rotatable bonds is 4. The molecule has 0 radical (unpaired) electrons. The molecule has 0 amide bonds. The molecule has 2 fully saturated rings. The Balaban J connectivity index is 1.52. The summed E-state index contributed by atoms with van der Waals surface area (Å²) in [5.41, 5.74) is 1.15. The minimum Gasteiger partial charge on any atom is -0.478 e. The van der Waals surface area contributed by atoms with Crippen LogP contribution in [-0.2, 0) is 4.74 Å². The summed E-state index contributed by atoms with van der Waals surface area (Å²) in [6.07, 6.45) is 3.12. The Morgan fingerprint density at radius 3 is 2.80 bits per heavy atom. The summed E-state index contributed by atoms with van der Waals surface area (Å²) in [4.78, 5) is 19.6. The van der Waals surface area contributed by atoms with Crippen molar-refractivity contribution in [2.75, 3.05) is 50.8 Å². The number of pyridine rings is 1. The molecule has 0 aliphatic carbocycles. The van der Waals surface area contributed by atoms with Gasteiger partial charge in [-0.25, -0.2) is 4.79 Å². The first-order valence-electron chi connectivity index (χ1n) is 6.96. The number of ether oxygens (including phenoxy) is 1. The van der Waals surface area contributed by atoms with E-state index in [1.165, 1.54) is 6.20 Å². The second-order valence-corrected chi connectivity index (χ2v) is 5.42. The fourth-order valence-corrected chi connectivity index (χ4v) is 2.76. The molecule has 0 saturated carbocycles. The molecule has 2 saturated heterocycles. The second kappa shape index (κ2) is 5.76. The van der Waals surface area contributed by atoms with Gasteiger partial charge in [0, 0.05) is 44.8 Å². The van der Waals surface area contributed by atoms with Crippen LogP contribution in [0.5, 0.6) is 0 Å². The topological polar surface area (TPSA) is 65.9 Å². The van der Waals surface area contributed by atoms with E-state index in [4.69, 9.17) is 9.84 Å². The molecule has 6 nitrogen and oxygen atoms in total. The van der Waals surface area contributed by atoms with Crippen LogP contribution in [0, 0.1) is 5.92 Å². The smallest absolute Gasteiger partial charge is 0.337 e. The molecule has 0 aromatic carbocycles. The summed E-state index contributed by atoms with van der Waals surface area (Å²) in [5, 5.41) is 8.97. The number of nitrogens with zero attached hydrogens (tertiary/aromatic N) is 3. The highest BCUT2D eigenvalue weighted by atomic mass is 16.5. The molecule has 20 heavy (non-hydrogen) atoms. The Morgan fingerprint density at radius 2 is 2.10 bits per heavy atom. The highest BCUT2D eigenvalue weighted by molar-refractivity contribution is 5.88. The van der Waals surface area contributed by atoms with Crippen molar-refractivity contribution in [1.82, 2.24) is 9.88 Å². The van der Waals surface area contributed by atoms with Crippen LogP contribution in [0.4, 0.5) is 5.69 Å². The number of morpholine rings is 1. The molecular formula is C14H19N3O3. The second-order valence-electron chi connectivity index (χ2n) is 5.42. The van der Waals surface area contributed by atoms with E-state index in [1.54, 1.807) is 12.3 Å². The van der Waals surface area contributed by atoms with Gasteiger partial charge >= 0.3 is 5.97 Å². The Labute approximate surface area is 118 Å². The molecule has 3 rings (SSSR count). The zero-order valence-corrected chi connectivity index (χ0v) is 11.4. The van der Waals surface area contributed by atoms with Crippen LogP contribution in [0.15, 0.2) is 18.5 Å². The van der Waals surface area contributed by atoms with Gasteiger partial charge in [0.2, 0.25) is 0 Å². The lowest BCUT2D eigenvalue weighted by atomic mass is 9.98. The van der Waals surface area contributed by atoms with Gasteiger partial charge in [0.25, 0.3) is 0 Å². The van der Waals surface area contributed by atoms with Gasteiger partial charge in [0.1, 0.15) is 0 Å². The first kappa shape index (κ1) is 13.3. The van der Waals surface area contributed by atoms with Crippen molar-refractivity contribution in [3.05, 3.63) is 24.0 Å². The first-order chi connectivity index (χ1) is 9.72. The number of hydrogen-bond acceptors (Lipinski definition) is 5. The Hall–Kier alpha value is -1.66. The molecule has 0 unspecified atom stereocenters. The quantitative estimate of drug-likeness (QED) is 0.867. The molecule has 0 spiro atoms. The third kappa shape index (κ3) is 2.91. The van der Waals surface area contributed by atoms with Crippen molar-refractivity contribution in [3.8, 4) is 0 Å². The Kier molecular flexibility index (Phi) is 3.84. The average molecular weight is 277 g/mol. The minimum absolute atomic E-state index is 0.249. The fourth-order valence-electron chi connectivity index (χ4n) is 2.76. The van der Waals surface area contributed by atoms with E-state index < -0.39 is 5.97 Å². The maximum atomic E-state index is 10.9. The molecule has 1 aromatic heterocycles. The largest absolute Gasteiger partial charge is 0.478 e. The lowest BCUT2D eigenvalue weighted by Crippen LogP contribution is -2.53. The number of aromatic nitrogens is 1. The third-order valence-electron chi connectivity index (χ3n) is 3.91. The van der Waals surface area contributed by atoms with E-state index in [9.17, 15) is 4.79 Å². The number of hydrogen-bond donors (Lipinski definition) is 1. The van der Waals surface area contributed by atoms with Gasteiger partial charge in [-0.2, -0.15) is 0 Å². The van der Waals surface area contributed by atoms with Gasteiger partial charge in [0.15, 0.2) is 0 Å². The van der Waals surface area contributed by atoms with Gasteiger partial charge < -0.3 is 14.7 Å². The van der Waals surface area contributed by atoms with Gasteiger partial charge in [0.05, 0.1) is 30.7 Å². The maximum absolute atomic E-state index is 10.9. The van der Waals surface area contributed by atoms with Crippen LogP contribution in [0.25, 0.3) is 0 Å². The Bertz CT molecular complexity index is 482. The van der Waals surface area contributed by atoms with Crippen LogP contribution in [0.2, 0.25) is 0 Å². The maximum Gasteiger partial charge on any atom is 0.337 e. The summed E-state index contributed by atoms with van der Waals surface area (Å²) in [5.74, 6) is -0.272. The number of carboxylic acid groups (broad SMARTS) is 1. The van der Waals surface area contributed by atoms with Crippen molar-refractivity contribution >= 4 is 11.7 Å². The summed E-state index contributed by atoms with van der Waals surface area (Å²) < 4.78 is 5.34. The van der Waals surface area contributed by atoms with Crippen molar-refractivity contribution in [2.24, 2.45) is 5.92 Å². The van der Waals surface area contributed by atoms with Crippen LogP contribution >= 0.6 is 0 Å². The zero-order chi connectivity index (χ0) is 13.9. The van der Waals surface area contributed by atoms with E-state index in [0.29, 0.717) is 5.92 Å². The van der Waals surface area contributed by atoms with Crippen LogP contribution in [-0.4, -0.2) is 66.9 Å². The predicted molar refractivity (Wildman–Crippen MR) is 74.2 cm³/mol. The molecule has 0 bridgehead atoms. The fraction of sp³-hybridized carbons (Fsp3) is 0.571. The lowest BCUT2D eigenvalue weighted by molar-refractivity contribution is 0.0286. The summed E-state index contributed by atoms with van der Waals surface area (Å²) in [6, 6.07) is 1.69. The summed E-state index contributed by atoms with van der Waals surface area (Å²) >= 11 is 0. The number of aromatic carboxylic acids is 1. The normalized spacial score (nSPS) is 20.7. The molecule has 6 heteroatoms. The summed E-state index contributed by atoms with van der Waals surface area (Å²) in [6.45, 7) is 6.76. The van der Waals surface area contributed by atoms with Gasteiger partial charge in [-0.05, 0) is 6.07 Å². The number of anilines is 1. The van der Waals surface area contributed by atoms with E-state index in [2.05, 4.69) is 14.8 Å². The zero-order valence-electron chi connectivity index (χ0n) is 11.4. The minimum atomic E-state index is -0.926. The lowest BCUT2D eigenvalue weighted by Gasteiger charge is -2.43. The molecule has 0 atom stereocenters. The van der Waals surface area contributed by atoms with Crippen LogP contribution in [0.1, 0.15) is 10.4 Å². The average Bonchev–Trinajstić information content (AvgIpc) is 2.43. The number of carboxylic acids is 1. The summed E-state index contributed by atoms with van der Waals surface area (Å²) in [7, 11) is 0. The predicted octanol–water partition coefficient (Wildman–Crippen LogP) is 0.548. The van der Waals surface area contributed by atoms with Crippen LogP contribution in [0.3, 0.4) is 0 Å². The van der Waals surface area contributed by atoms with Gasteiger partial charge in [-0.1, -0.05) is 0 Å². The van der Waals surface area contributed by atoms with Gasteiger partial charge in [-0.15, -0.1) is 0 Å². The highest BCUT2D eigenvalue weighted by Gasteiger charge is 2.29. The van der Waals surface area contributed by atoms with E-state index >= 15 is 0 Å². The number of carbonyl (C=O) groups is 1. The van der Waals surface area contributed by atoms with Crippen molar-refractivity contribution in [3.63, 3.8) is 0 Å². The van der Waals surface area contributed by atoms with Crippen molar-refractivity contribution in [1.29, 1.82) is 0 Å². The van der Waals surface area contributed by atoms with E-state index in [0.717, 1.165) is 51.6 Å². The van der Waals surface area contributed by atoms with E-state index in [-0.39, 0.29) is 5.56 Å². The molecule has 2 aliphatic rings. The van der Waals surface area contributed by atoms with E-state index in [1.807, 2.05) is 0 Å². The highest BCUT2D eigenvalue weighted by Crippen LogP contribution is 2.25. The SMILES string of the molecule is O=C(O)c1cncc(N2CC(CN3CCOCC3)C2)c1. The molecule has 108 valence electrons. The molecular weight excluding hydrogens is 258 g/mol. The van der Waals surface area contributed by atoms with Crippen molar-refractivity contribution in [2.45, 2.75) is 0 Å². The standard InChI is InChI=1S/C14H19N3O3/c18-14(19)12-5-13(7-15-6-12)17-9-11(10-17)8-16-1-3-20-4-2-16/h5-7,11H,1-4,8-10H2,(H,18,19). The van der Waals surface area contributed by atoms with Crippen LogP contribution < -0.4 is 4.90 Å². The molecule has 2 aliphatic heterocycles. The van der Waals surface area contributed by atoms with Crippen molar-refractivity contribution < 1.29 is 14.6 Å². The molecule has 1 N–H and O–H groups in total. The molecule has 1 aromatic rings. The van der Waals surface area contributed by atoms with Gasteiger partial charge in [-0.3, -0.25) is 9.88 Å². The monoisotopic (exact) mass is 277 g/mol. The Morgan fingerprint density at radius 1 is 1.35 bits per heavy atom.